The third kappa shape index (κ3) is 5.35. The molecule has 256 valence electrons. The SMILES string of the molecule is COCOc1c(OC)c(C)cc2c1[C@H]1C3Cc4c(O)c(C)c5c(c4[C@H](COC(=O)/C=C/c4cccc(C)c4)N3[C@@H](C#N)[C@H](C2)N1C)OCO5. The summed E-state index contributed by atoms with van der Waals surface area (Å²) in [4.78, 5) is 17.7. The van der Waals surface area contributed by atoms with Gasteiger partial charge in [0.25, 0.3) is 0 Å². The zero-order valence-corrected chi connectivity index (χ0v) is 28.6. The summed E-state index contributed by atoms with van der Waals surface area (Å²) in [5.41, 5.74) is 6.90. The summed E-state index contributed by atoms with van der Waals surface area (Å²) in [5.74, 6) is 1.81. The number of likely N-dealkylation sites (N-methyl/N-ethyl adjacent to an activating group) is 1. The third-order valence-corrected chi connectivity index (χ3v) is 10.4. The van der Waals surface area contributed by atoms with Gasteiger partial charge >= 0.3 is 5.97 Å². The van der Waals surface area contributed by atoms with Gasteiger partial charge < -0.3 is 33.5 Å². The number of hydrogen-bond donors (Lipinski definition) is 1. The normalized spacial score (nSPS) is 23.7. The summed E-state index contributed by atoms with van der Waals surface area (Å²) < 4.78 is 35.3. The Balaban J connectivity index is 1.36. The van der Waals surface area contributed by atoms with Gasteiger partial charge in [-0.1, -0.05) is 35.9 Å². The lowest BCUT2D eigenvalue weighted by molar-refractivity contribution is -0.143. The van der Waals surface area contributed by atoms with Crippen LogP contribution >= 0.6 is 0 Å². The first-order valence-corrected chi connectivity index (χ1v) is 16.4. The molecule has 0 amide bonds. The van der Waals surface area contributed by atoms with Crippen LogP contribution in [0, 0.1) is 32.1 Å². The van der Waals surface area contributed by atoms with Gasteiger partial charge in [0, 0.05) is 47.5 Å². The molecular weight excluding hydrogens is 626 g/mol. The first-order valence-electron chi connectivity index (χ1n) is 16.4. The molecule has 0 saturated carbocycles. The van der Waals surface area contributed by atoms with Crippen molar-refractivity contribution >= 4 is 12.0 Å². The number of aromatic hydroxyl groups is 1. The maximum atomic E-state index is 13.2. The molecule has 2 bridgehead atoms. The fourth-order valence-electron chi connectivity index (χ4n) is 8.39. The number of nitriles is 1. The van der Waals surface area contributed by atoms with E-state index >= 15 is 0 Å². The molecule has 4 aliphatic heterocycles. The molecule has 0 aliphatic carbocycles. The number of piperazine rings is 1. The molecule has 1 saturated heterocycles. The largest absolute Gasteiger partial charge is 0.507 e. The van der Waals surface area contributed by atoms with Crippen LogP contribution < -0.4 is 18.9 Å². The van der Waals surface area contributed by atoms with Gasteiger partial charge in [0.1, 0.15) is 18.4 Å². The molecular formula is C38H41N3O8. The molecule has 3 aromatic rings. The number of hydrogen-bond acceptors (Lipinski definition) is 11. The van der Waals surface area contributed by atoms with Crippen LogP contribution in [-0.4, -0.2) is 80.5 Å². The van der Waals surface area contributed by atoms with Crippen molar-refractivity contribution in [3.05, 3.63) is 80.9 Å². The number of phenols is 1. The number of benzene rings is 3. The molecule has 7 rings (SSSR count). The minimum atomic E-state index is -0.618. The highest BCUT2D eigenvalue weighted by atomic mass is 16.7. The standard InChI is InChI=1S/C38H41N3O8/c1-20-8-7-9-23(12-20)10-11-30(42)46-17-29-32-25(34(43)22(3)36-38(32)49-19-48-36)15-27-33-31-24(14-26(40(33)4)28(16-39)41(27)29)13-21(2)35(45-6)37(31)47-18-44-5/h7-13,26-29,33,43H,14-15,17-19H2,1-6H3/b11-10+/t26-,27?,28-,29-,33+/m0/s1. The monoisotopic (exact) mass is 667 g/mol. The number of esters is 1. The zero-order chi connectivity index (χ0) is 34.6. The second kappa shape index (κ2) is 12.9. The van der Waals surface area contributed by atoms with Crippen LogP contribution in [0.3, 0.4) is 0 Å². The van der Waals surface area contributed by atoms with Crippen molar-refractivity contribution in [1.29, 1.82) is 5.26 Å². The summed E-state index contributed by atoms with van der Waals surface area (Å²) in [6, 6.07) is 10.6. The van der Waals surface area contributed by atoms with Crippen LogP contribution in [0.5, 0.6) is 28.7 Å². The summed E-state index contributed by atoms with van der Waals surface area (Å²) >= 11 is 0. The van der Waals surface area contributed by atoms with Gasteiger partial charge in [0.15, 0.2) is 29.8 Å². The minimum absolute atomic E-state index is 0.00359. The van der Waals surface area contributed by atoms with E-state index in [1.165, 1.54) is 6.08 Å². The van der Waals surface area contributed by atoms with Crippen LogP contribution in [0.1, 0.15) is 56.6 Å². The van der Waals surface area contributed by atoms with Gasteiger partial charge in [-0.25, -0.2) is 4.79 Å². The van der Waals surface area contributed by atoms with E-state index in [0.29, 0.717) is 52.5 Å². The van der Waals surface area contributed by atoms with Crippen LogP contribution in [-0.2, 0) is 27.1 Å². The Morgan fingerprint density at radius 2 is 1.88 bits per heavy atom. The van der Waals surface area contributed by atoms with Crippen LogP contribution in [0.15, 0.2) is 36.4 Å². The minimum Gasteiger partial charge on any atom is -0.507 e. The Hall–Kier alpha value is -4.76. The average Bonchev–Trinajstić information content (AvgIpc) is 3.58. The molecule has 3 aromatic carbocycles. The first-order chi connectivity index (χ1) is 23.7. The Bertz CT molecular complexity index is 1880. The Labute approximate surface area is 286 Å². The molecule has 1 fully saturated rings. The van der Waals surface area contributed by atoms with Crippen LogP contribution in [0.2, 0.25) is 0 Å². The van der Waals surface area contributed by atoms with Crippen molar-refractivity contribution in [2.75, 3.05) is 41.5 Å². The molecule has 1 unspecified atom stereocenters. The van der Waals surface area contributed by atoms with Crippen molar-refractivity contribution in [3.8, 4) is 34.8 Å². The van der Waals surface area contributed by atoms with Crippen LogP contribution in [0.4, 0.5) is 0 Å². The van der Waals surface area contributed by atoms with E-state index in [1.54, 1.807) is 20.3 Å². The lowest BCUT2D eigenvalue weighted by Crippen LogP contribution is -2.68. The number of carbonyl (C=O) groups is 1. The number of aryl methyl sites for hydroxylation is 2. The Kier molecular flexibility index (Phi) is 8.65. The maximum absolute atomic E-state index is 13.2. The van der Waals surface area contributed by atoms with E-state index in [1.807, 2.05) is 52.1 Å². The van der Waals surface area contributed by atoms with Gasteiger partial charge in [-0.15, -0.1) is 0 Å². The average molecular weight is 668 g/mol. The topological polar surface area (TPSA) is 123 Å². The fraction of sp³-hybridized carbons (Fsp3) is 0.421. The zero-order valence-electron chi connectivity index (χ0n) is 28.6. The predicted octanol–water partition coefficient (Wildman–Crippen LogP) is 5.07. The van der Waals surface area contributed by atoms with Gasteiger partial charge in [-0.2, -0.15) is 5.26 Å². The van der Waals surface area contributed by atoms with Gasteiger partial charge in [-0.05, 0) is 63.4 Å². The molecule has 0 spiro atoms. The maximum Gasteiger partial charge on any atom is 0.330 e. The number of nitrogens with zero attached hydrogens (tertiary/aromatic N) is 3. The summed E-state index contributed by atoms with van der Waals surface area (Å²) in [5, 5.41) is 22.6. The Morgan fingerprint density at radius 3 is 2.61 bits per heavy atom. The van der Waals surface area contributed by atoms with Crippen LogP contribution in [0.25, 0.3) is 6.08 Å². The molecule has 5 atom stereocenters. The second-order valence-corrected chi connectivity index (χ2v) is 13.2. The molecule has 49 heavy (non-hydrogen) atoms. The molecule has 4 aliphatic rings. The van der Waals surface area contributed by atoms with E-state index in [9.17, 15) is 15.2 Å². The summed E-state index contributed by atoms with van der Waals surface area (Å²) in [6.45, 7) is 5.75. The lowest BCUT2D eigenvalue weighted by atomic mass is 9.71. The van der Waals surface area contributed by atoms with Crippen molar-refractivity contribution in [2.45, 2.75) is 63.8 Å². The number of phenolic OH excluding ortho intramolecular Hbond substituents is 1. The highest BCUT2D eigenvalue weighted by molar-refractivity contribution is 5.87. The summed E-state index contributed by atoms with van der Waals surface area (Å²) in [7, 11) is 5.24. The third-order valence-electron chi connectivity index (χ3n) is 10.4. The quantitative estimate of drug-likeness (QED) is 0.197. The van der Waals surface area contributed by atoms with E-state index in [2.05, 4.69) is 21.9 Å². The van der Waals surface area contributed by atoms with Crippen molar-refractivity contribution in [2.24, 2.45) is 0 Å². The van der Waals surface area contributed by atoms with Gasteiger partial charge in [0.2, 0.25) is 6.79 Å². The molecule has 0 radical (unpaired) electrons. The van der Waals surface area contributed by atoms with Crippen molar-refractivity contribution < 1.29 is 38.3 Å². The van der Waals surface area contributed by atoms with Gasteiger partial charge in [-0.3, -0.25) is 9.80 Å². The van der Waals surface area contributed by atoms with E-state index in [4.69, 9.17) is 28.4 Å². The fourth-order valence-corrected chi connectivity index (χ4v) is 8.39. The summed E-state index contributed by atoms with van der Waals surface area (Å²) in [6.07, 6.45) is 4.13. The number of rotatable bonds is 8. The van der Waals surface area contributed by atoms with E-state index < -0.39 is 18.1 Å². The molecule has 1 N–H and O–H groups in total. The van der Waals surface area contributed by atoms with Crippen molar-refractivity contribution in [1.82, 2.24) is 9.80 Å². The second-order valence-electron chi connectivity index (χ2n) is 13.2. The molecule has 11 heteroatoms. The smallest absolute Gasteiger partial charge is 0.330 e. The predicted molar refractivity (Wildman–Crippen MR) is 180 cm³/mol. The molecule has 4 heterocycles. The molecule has 11 nitrogen and oxygen atoms in total. The highest BCUT2D eigenvalue weighted by Crippen LogP contribution is 2.58. The number of fused-ring (bicyclic) bond motifs is 9. The van der Waals surface area contributed by atoms with E-state index in [0.717, 1.165) is 27.8 Å². The number of methoxy groups -OCH3 is 2. The first kappa shape index (κ1) is 32.8. The number of carbonyl (C=O) groups excluding carboxylic acids is 1. The van der Waals surface area contributed by atoms with E-state index in [-0.39, 0.29) is 44.1 Å². The number of ether oxygens (including phenoxy) is 6. The Morgan fingerprint density at radius 1 is 1.08 bits per heavy atom. The molecule has 0 aromatic heterocycles. The highest BCUT2D eigenvalue weighted by Gasteiger charge is 2.57. The lowest BCUT2D eigenvalue weighted by Gasteiger charge is -2.59. The van der Waals surface area contributed by atoms with Gasteiger partial charge in [0.05, 0.1) is 25.3 Å². The van der Waals surface area contributed by atoms with Crippen molar-refractivity contribution in [3.63, 3.8) is 0 Å².